The maximum absolute atomic E-state index is 6.24. The highest BCUT2D eigenvalue weighted by molar-refractivity contribution is 9.08. The SMILES string of the molecule is COc1cccc(N(C)c2ccc(CBr)c(Cl)c2)c1. The standard InChI is InChI=1S/C15H15BrClNO/c1-18(12-4-3-5-14(8-12)19-2)13-7-6-11(10-16)15(17)9-13/h3-9H,10H2,1-2H3. The van der Waals surface area contributed by atoms with Gasteiger partial charge in [-0.15, -0.1) is 0 Å². The number of anilines is 2. The minimum atomic E-state index is 0.759. The van der Waals surface area contributed by atoms with E-state index in [1.807, 2.05) is 43.4 Å². The summed E-state index contributed by atoms with van der Waals surface area (Å²) in [6, 6.07) is 14.0. The number of nitrogens with zero attached hydrogens (tertiary/aromatic N) is 1. The van der Waals surface area contributed by atoms with Crippen LogP contribution in [0, 0.1) is 0 Å². The van der Waals surface area contributed by atoms with Crippen molar-refractivity contribution in [1.82, 2.24) is 0 Å². The van der Waals surface area contributed by atoms with Crippen LogP contribution in [0.2, 0.25) is 5.02 Å². The third kappa shape index (κ3) is 3.23. The Labute approximate surface area is 127 Å². The Kier molecular flexibility index (Phi) is 4.72. The third-order valence-electron chi connectivity index (χ3n) is 3.01. The molecule has 2 nitrogen and oxygen atoms in total. The van der Waals surface area contributed by atoms with Gasteiger partial charge >= 0.3 is 0 Å². The second kappa shape index (κ2) is 6.31. The molecule has 0 aliphatic carbocycles. The van der Waals surface area contributed by atoms with Crippen LogP contribution < -0.4 is 9.64 Å². The van der Waals surface area contributed by atoms with Gasteiger partial charge in [0.15, 0.2) is 0 Å². The number of hydrogen-bond acceptors (Lipinski definition) is 2. The van der Waals surface area contributed by atoms with Crippen molar-refractivity contribution in [1.29, 1.82) is 0 Å². The van der Waals surface area contributed by atoms with E-state index in [-0.39, 0.29) is 0 Å². The molecule has 0 saturated heterocycles. The molecule has 19 heavy (non-hydrogen) atoms. The van der Waals surface area contributed by atoms with Gasteiger partial charge in [-0.1, -0.05) is 39.7 Å². The topological polar surface area (TPSA) is 12.5 Å². The first-order valence-electron chi connectivity index (χ1n) is 5.88. The molecule has 0 spiro atoms. The van der Waals surface area contributed by atoms with Crippen LogP contribution in [0.3, 0.4) is 0 Å². The van der Waals surface area contributed by atoms with Crippen LogP contribution in [0.5, 0.6) is 5.75 Å². The van der Waals surface area contributed by atoms with Crippen molar-refractivity contribution in [2.24, 2.45) is 0 Å². The molecule has 0 N–H and O–H groups in total. The molecule has 0 radical (unpaired) electrons. The number of methoxy groups -OCH3 is 1. The summed E-state index contributed by atoms with van der Waals surface area (Å²) in [5, 5.41) is 1.53. The largest absolute Gasteiger partial charge is 0.497 e. The average molecular weight is 341 g/mol. The van der Waals surface area contributed by atoms with Crippen molar-refractivity contribution in [3.63, 3.8) is 0 Å². The lowest BCUT2D eigenvalue weighted by Crippen LogP contribution is -2.09. The maximum Gasteiger partial charge on any atom is 0.120 e. The van der Waals surface area contributed by atoms with Crippen molar-refractivity contribution < 1.29 is 4.74 Å². The van der Waals surface area contributed by atoms with Crippen LogP contribution in [0.15, 0.2) is 42.5 Å². The van der Waals surface area contributed by atoms with Crippen molar-refractivity contribution in [2.75, 3.05) is 19.1 Å². The van der Waals surface area contributed by atoms with Crippen molar-refractivity contribution in [2.45, 2.75) is 5.33 Å². The lowest BCUT2D eigenvalue weighted by molar-refractivity contribution is 0.415. The molecule has 0 unspecified atom stereocenters. The number of ether oxygens (including phenoxy) is 1. The van der Waals surface area contributed by atoms with Crippen molar-refractivity contribution >= 4 is 38.9 Å². The Bertz CT molecular complexity index is 574. The molecule has 2 rings (SSSR count). The minimum absolute atomic E-state index is 0.759. The quantitative estimate of drug-likeness (QED) is 0.725. The molecule has 0 fully saturated rings. The summed E-state index contributed by atoms with van der Waals surface area (Å²) in [5.41, 5.74) is 3.19. The van der Waals surface area contributed by atoms with Crippen molar-refractivity contribution in [3.05, 3.63) is 53.1 Å². The summed E-state index contributed by atoms with van der Waals surface area (Å²) in [4.78, 5) is 2.08. The monoisotopic (exact) mass is 339 g/mol. The van der Waals surface area contributed by atoms with E-state index in [0.717, 1.165) is 33.0 Å². The van der Waals surface area contributed by atoms with Gasteiger partial charge < -0.3 is 9.64 Å². The van der Waals surface area contributed by atoms with Crippen LogP contribution in [-0.2, 0) is 5.33 Å². The summed E-state index contributed by atoms with van der Waals surface area (Å²) in [7, 11) is 3.68. The predicted octanol–water partition coefficient (Wildman–Crippen LogP) is 5.01. The first-order chi connectivity index (χ1) is 9.15. The van der Waals surface area contributed by atoms with Gasteiger partial charge in [0.25, 0.3) is 0 Å². The first kappa shape index (κ1) is 14.2. The summed E-state index contributed by atoms with van der Waals surface area (Å²) >= 11 is 9.66. The molecular weight excluding hydrogens is 326 g/mol. The highest BCUT2D eigenvalue weighted by atomic mass is 79.9. The molecule has 2 aromatic carbocycles. The Morgan fingerprint density at radius 1 is 1.16 bits per heavy atom. The Balaban J connectivity index is 2.32. The van der Waals surface area contributed by atoms with Gasteiger partial charge in [0, 0.05) is 34.8 Å². The van der Waals surface area contributed by atoms with E-state index < -0.39 is 0 Å². The number of hydrogen-bond donors (Lipinski definition) is 0. The lowest BCUT2D eigenvalue weighted by Gasteiger charge is -2.20. The van der Waals surface area contributed by atoms with Gasteiger partial charge in [-0.2, -0.15) is 0 Å². The van der Waals surface area contributed by atoms with Crippen LogP contribution in [0.1, 0.15) is 5.56 Å². The molecule has 0 heterocycles. The summed E-state index contributed by atoms with van der Waals surface area (Å²) in [6.45, 7) is 0. The van der Waals surface area contributed by atoms with E-state index in [0.29, 0.717) is 0 Å². The molecular formula is C15H15BrClNO. The van der Waals surface area contributed by atoms with Gasteiger partial charge in [0.2, 0.25) is 0 Å². The maximum atomic E-state index is 6.24. The zero-order valence-corrected chi connectivity index (χ0v) is 13.2. The first-order valence-corrected chi connectivity index (χ1v) is 7.38. The summed E-state index contributed by atoms with van der Waals surface area (Å²) in [6.07, 6.45) is 0. The van der Waals surface area contributed by atoms with Crippen molar-refractivity contribution in [3.8, 4) is 5.75 Å². The van der Waals surface area contributed by atoms with E-state index in [1.54, 1.807) is 7.11 Å². The predicted molar refractivity (Wildman–Crippen MR) is 85.1 cm³/mol. The fourth-order valence-corrected chi connectivity index (χ4v) is 2.71. The Morgan fingerprint density at radius 2 is 1.89 bits per heavy atom. The zero-order valence-electron chi connectivity index (χ0n) is 10.9. The van der Waals surface area contributed by atoms with Gasteiger partial charge in [-0.3, -0.25) is 0 Å². The van der Waals surface area contributed by atoms with E-state index in [9.17, 15) is 0 Å². The molecule has 0 bridgehead atoms. The third-order valence-corrected chi connectivity index (χ3v) is 3.96. The highest BCUT2D eigenvalue weighted by Crippen LogP contribution is 2.30. The van der Waals surface area contributed by atoms with Gasteiger partial charge in [-0.25, -0.2) is 0 Å². The molecule has 100 valence electrons. The second-order valence-electron chi connectivity index (χ2n) is 4.17. The Hall–Kier alpha value is -1.19. The van der Waals surface area contributed by atoms with Crippen LogP contribution in [-0.4, -0.2) is 14.2 Å². The van der Waals surface area contributed by atoms with E-state index in [4.69, 9.17) is 16.3 Å². The summed E-state index contributed by atoms with van der Waals surface area (Å²) < 4.78 is 5.24. The van der Waals surface area contributed by atoms with Gasteiger partial charge in [-0.05, 0) is 29.8 Å². The second-order valence-corrected chi connectivity index (χ2v) is 5.14. The minimum Gasteiger partial charge on any atom is -0.497 e. The molecule has 2 aromatic rings. The normalized spacial score (nSPS) is 10.3. The van der Waals surface area contributed by atoms with Gasteiger partial charge in [0.05, 0.1) is 7.11 Å². The highest BCUT2D eigenvalue weighted by Gasteiger charge is 2.07. The van der Waals surface area contributed by atoms with Crippen LogP contribution >= 0.6 is 27.5 Å². The van der Waals surface area contributed by atoms with E-state index in [2.05, 4.69) is 26.9 Å². The Morgan fingerprint density at radius 3 is 2.53 bits per heavy atom. The zero-order chi connectivity index (χ0) is 13.8. The fraction of sp³-hybridized carbons (Fsp3) is 0.200. The molecule has 0 saturated carbocycles. The van der Waals surface area contributed by atoms with Crippen LogP contribution in [0.4, 0.5) is 11.4 Å². The number of halogens is 2. The molecule has 4 heteroatoms. The van der Waals surface area contributed by atoms with Crippen LogP contribution in [0.25, 0.3) is 0 Å². The average Bonchev–Trinajstić information content (AvgIpc) is 2.46. The number of alkyl halides is 1. The van der Waals surface area contributed by atoms with E-state index >= 15 is 0 Å². The smallest absolute Gasteiger partial charge is 0.120 e. The fourth-order valence-electron chi connectivity index (χ4n) is 1.82. The molecule has 0 aromatic heterocycles. The van der Waals surface area contributed by atoms with Gasteiger partial charge in [0.1, 0.15) is 5.75 Å². The molecule has 0 aliphatic heterocycles. The lowest BCUT2D eigenvalue weighted by atomic mass is 10.2. The summed E-state index contributed by atoms with van der Waals surface area (Å²) in [5.74, 6) is 0.840. The van der Waals surface area contributed by atoms with E-state index in [1.165, 1.54) is 0 Å². The number of benzene rings is 2. The molecule has 0 amide bonds. The number of rotatable bonds is 4. The molecule has 0 atom stereocenters. The molecule has 0 aliphatic rings.